The number of hydrogen-bond acceptors (Lipinski definition) is 3. The summed E-state index contributed by atoms with van der Waals surface area (Å²) in [4.78, 5) is 12.6. The van der Waals surface area contributed by atoms with E-state index in [-0.39, 0.29) is 21.5 Å². The number of para-hydroxylation sites is 1. The first-order valence-electron chi connectivity index (χ1n) is 7.79. The Hall–Kier alpha value is -1.89. The number of nitrogens with zero attached hydrogens (tertiary/aromatic N) is 1. The molecule has 0 radical (unpaired) electrons. The van der Waals surface area contributed by atoms with E-state index >= 15 is 0 Å². The Balaban J connectivity index is 2.40. The van der Waals surface area contributed by atoms with Crippen LogP contribution in [0.1, 0.15) is 29.8 Å². The maximum Gasteiger partial charge on any atom is 0.257 e. The van der Waals surface area contributed by atoms with Crippen molar-refractivity contribution in [1.82, 2.24) is 4.31 Å². The largest absolute Gasteiger partial charge is 0.322 e. The molecule has 0 unspecified atom stereocenters. The fraction of sp³-hybridized carbons (Fsp3) is 0.278. The Morgan fingerprint density at radius 3 is 2.40 bits per heavy atom. The second kappa shape index (κ2) is 7.56. The summed E-state index contributed by atoms with van der Waals surface area (Å²) in [6, 6.07) is 11.3. The van der Waals surface area contributed by atoms with Crippen LogP contribution >= 0.6 is 11.6 Å². The van der Waals surface area contributed by atoms with E-state index in [2.05, 4.69) is 5.32 Å². The molecule has 0 spiro atoms. The van der Waals surface area contributed by atoms with Gasteiger partial charge in [-0.25, -0.2) is 8.42 Å². The average molecular weight is 381 g/mol. The molecule has 1 N–H and O–H groups in total. The highest BCUT2D eigenvalue weighted by Gasteiger charge is 2.25. The van der Waals surface area contributed by atoms with E-state index in [1.54, 1.807) is 19.9 Å². The third-order valence-electron chi connectivity index (χ3n) is 3.98. The number of nitrogens with one attached hydrogen (secondary N) is 1. The molecular formula is C18H21ClN2O3S. The molecule has 0 aliphatic carbocycles. The lowest BCUT2D eigenvalue weighted by Crippen LogP contribution is -2.33. The van der Waals surface area contributed by atoms with Crippen molar-refractivity contribution < 1.29 is 13.2 Å². The number of sulfonamides is 1. The van der Waals surface area contributed by atoms with Crippen molar-refractivity contribution in [2.45, 2.75) is 31.7 Å². The van der Waals surface area contributed by atoms with Gasteiger partial charge in [0.1, 0.15) is 0 Å². The van der Waals surface area contributed by atoms with Gasteiger partial charge in [-0.05, 0) is 50.6 Å². The van der Waals surface area contributed by atoms with Crippen LogP contribution in [-0.2, 0) is 10.0 Å². The lowest BCUT2D eigenvalue weighted by Gasteiger charge is -2.21. The van der Waals surface area contributed by atoms with Gasteiger partial charge in [-0.3, -0.25) is 4.79 Å². The summed E-state index contributed by atoms with van der Waals surface area (Å²) in [5, 5.41) is 2.96. The Kier molecular flexibility index (Phi) is 5.87. The van der Waals surface area contributed by atoms with Crippen molar-refractivity contribution in [1.29, 1.82) is 0 Å². The van der Waals surface area contributed by atoms with Gasteiger partial charge in [0, 0.05) is 18.8 Å². The monoisotopic (exact) mass is 380 g/mol. The molecule has 7 heteroatoms. The van der Waals surface area contributed by atoms with Crippen LogP contribution in [0, 0.1) is 6.92 Å². The predicted octanol–water partition coefficient (Wildman–Crippen LogP) is 3.93. The molecule has 0 atom stereocenters. The van der Waals surface area contributed by atoms with Gasteiger partial charge in [-0.2, -0.15) is 4.31 Å². The van der Waals surface area contributed by atoms with Crippen molar-refractivity contribution >= 4 is 33.2 Å². The minimum Gasteiger partial charge on any atom is -0.322 e. The average Bonchev–Trinajstić information content (AvgIpc) is 2.56. The number of carbonyl (C=O) groups is 1. The first kappa shape index (κ1) is 19.4. The molecule has 5 nitrogen and oxygen atoms in total. The van der Waals surface area contributed by atoms with Crippen molar-refractivity contribution in [3.05, 3.63) is 58.6 Å². The van der Waals surface area contributed by atoms with Crippen LogP contribution in [0.4, 0.5) is 5.69 Å². The molecule has 2 aromatic carbocycles. The summed E-state index contributed by atoms with van der Waals surface area (Å²) in [6.45, 7) is 5.42. The Morgan fingerprint density at radius 2 is 1.80 bits per heavy atom. The van der Waals surface area contributed by atoms with Crippen LogP contribution in [0.15, 0.2) is 47.4 Å². The first-order chi connectivity index (χ1) is 11.6. The van der Waals surface area contributed by atoms with Crippen LogP contribution in [0.3, 0.4) is 0 Å². The van der Waals surface area contributed by atoms with Crippen LogP contribution in [-0.4, -0.2) is 31.7 Å². The molecule has 0 saturated heterocycles. The number of halogens is 1. The summed E-state index contributed by atoms with van der Waals surface area (Å²) < 4.78 is 26.5. The highest BCUT2D eigenvalue weighted by molar-refractivity contribution is 7.89. The molecule has 0 aromatic heterocycles. The van der Waals surface area contributed by atoms with Crippen LogP contribution in [0.25, 0.3) is 0 Å². The Morgan fingerprint density at radius 1 is 1.16 bits per heavy atom. The number of amides is 1. The van der Waals surface area contributed by atoms with Crippen molar-refractivity contribution in [3.8, 4) is 0 Å². The zero-order valence-electron chi connectivity index (χ0n) is 14.6. The molecule has 2 aromatic rings. The molecule has 2 rings (SSSR count). The lowest BCUT2D eigenvalue weighted by molar-refractivity contribution is 0.102. The molecule has 134 valence electrons. The smallest absolute Gasteiger partial charge is 0.257 e. The summed E-state index contributed by atoms with van der Waals surface area (Å²) in [7, 11) is -2.20. The van der Waals surface area contributed by atoms with E-state index in [0.717, 1.165) is 5.56 Å². The quantitative estimate of drug-likeness (QED) is 0.854. The highest BCUT2D eigenvalue weighted by atomic mass is 35.5. The molecule has 0 aliphatic rings. The van der Waals surface area contributed by atoms with Gasteiger partial charge in [-0.1, -0.05) is 29.8 Å². The minimum atomic E-state index is -3.70. The molecule has 1 amide bonds. The second-order valence-electron chi connectivity index (χ2n) is 6.03. The number of hydrogen-bond donors (Lipinski definition) is 1. The molecule has 25 heavy (non-hydrogen) atoms. The Labute approximate surface area is 153 Å². The van der Waals surface area contributed by atoms with E-state index < -0.39 is 15.9 Å². The van der Waals surface area contributed by atoms with E-state index in [4.69, 9.17) is 11.6 Å². The fourth-order valence-corrected chi connectivity index (χ4v) is 3.78. The van der Waals surface area contributed by atoms with Gasteiger partial charge >= 0.3 is 0 Å². The molecule has 0 fully saturated rings. The van der Waals surface area contributed by atoms with E-state index in [0.29, 0.717) is 5.69 Å². The Bertz CT molecular complexity index is 895. The van der Waals surface area contributed by atoms with E-state index in [1.807, 2.05) is 25.1 Å². The normalized spacial score (nSPS) is 11.8. The van der Waals surface area contributed by atoms with Crippen molar-refractivity contribution in [2.24, 2.45) is 0 Å². The van der Waals surface area contributed by atoms with Gasteiger partial charge in [0.25, 0.3) is 5.91 Å². The standard InChI is InChI=1S/C18H21ClN2O3S/c1-12(2)21(4)25(23,24)14-9-10-16(19)15(11-14)18(22)20-17-8-6-5-7-13(17)3/h5-12H,1-4H3,(H,20,22). The summed E-state index contributed by atoms with van der Waals surface area (Å²) in [5.41, 5.74) is 1.66. The zero-order valence-corrected chi connectivity index (χ0v) is 16.1. The third kappa shape index (κ3) is 4.21. The summed E-state index contributed by atoms with van der Waals surface area (Å²) in [6.07, 6.45) is 0. The number of aryl methyl sites for hydroxylation is 1. The van der Waals surface area contributed by atoms with Crippen LogP contribution < -0.4 is 5.32 Å². The van der Waals surface area contributed by atoms with Gasteiger partial charge in [0.15, 0.2) is 0 Å². The number of benzene rings is 2. The molecule has 0 bridgehead atoms. The van der Waals surface area contributed by atoms with Crippen molar-refractivity contribution in [3.63, 3.8) is 0 Å². The SMILES string of the molecule is Cc1ccccc1NC(=O)c1cc(S(=O)(=O)N(C)C(C)C)ccc1Cl. The van der Waals surface area contributed by atoms with Crippen LogP contribution in [0.2, 0.25) is 5.02 Å². The molecular weight excluding hydrogens is 360 g/mol. The number of anilines is 1. The first-order valence-corrected chi connectivity index (χ1v) is 9.61. The van der Waals surface area contributed by atoms with Gasteiger partial charge in [0.2, 0.25) is 10.0 Å². The van der Waals surface area contributed by atoms with E-state index in [9.17, 15) is 13.2 Å². The topological polar surface area (TPSA) is 66.5 Å². The molecule has 0 heterocycles. The number of rotatable bonds is 5. The van der Waals surface area contributed by atoms with Crippen molar-refractivity contribution in [2.75, 3.05) is 12.4 Å². The van der Waals surface area contributed by atoms with Gasteiger partial charge in [0.05, 0.1) is 15.5 Å². The highest BCUT2D eigenvalue weighted by Crippen LogP contribution is 2.25. The number of carbonyl (C=O) groups excluding carboxylic acids is 1. The zero-order chi connectivity index (χ0) is 18.8. The van der Waals surface area contributed by atoms with E-state index in [1.165, 1.54) is 29.6 Å². The lowest BCUT2D eigenvalue weighted by atomic mass is 10.1. The predicted molar refractivity (Wildman–Crippen MR) is 101 cm³/mol. The third-order valence-corrected chi connectivity index (χ3v) is 6.34. The molecule has 0 aliphatic heterocycles. The second-order valence-corrected chi connectivity index (χ2v) is 8.43. The van der Waals surface area contributed by atoms with Gasteiger partial charge in [-0.15, -0.1) is 0 Å². The van der Waals surface area contributed by atoms with Gasteiger partial charge < -0.3 is 5.32 Å². The summed E-state index contributed by atoms with van der Waals surface area (Å²) >= 11 is 6.12. The van der Waals surface area contributed by atoms with Crippen LogP contribution in [0.5, 0.6) is 0 Å². The maximum absolute atomic E-state index is 12.6. The fourth-order valence-electron chi connectivity index (χ4n) is 2.19. The minimum absolute atomic E-state index is 0.0306. The summed E-state index contributed by atoms with van der Waals surface area (Å²) in [5.74, 6) is -0.455. The maximum atomic E-state index is 12.6. The molecule has 0 saturated carbocycles.